The molecule has 0 heterocycles. The molecular formula is C9H6Cl2IN3S. The zero-order valence-electron chi connectivity index (χ0n) is 8.09. The minimum absolute atomic E-state index is 0.496. The molecule has 0 spiro atoms. The lowest BCUT2D eigenvalue weighted by Gasteiger charge is -2.08. The number of hydrogen-bond acceptors (Lipinski definition) is 3. The molecule has 1 rings (SSSR count). The monoisotopic (exact) mass is 385 g/mol. The van der Waals surface area contributed by atoms with E-state index in [1.165, 1.54) is 11.8 Å². The first kappa shape index (κ1) is 13.9. The lowest BCUT2D eigenvalue weighted by atomic mass is 10.3. The highest BCUT2D eigenvalue weighted by Gasteiger charge is 2.06. The summed E-state index contributed by atoms with van der Waals surface area (Å²) in [5.74, 6) is 0. The largest absolute Gasteiger partial charge is 0.334 e. The van der Waals surface area contributed by atoms with Crippen LogP contribution in [0.4, 0.5) is 5.69 Å². The van der Waals surface area contributed by atoms with Gasteiger partial charge in [-0.25, -0.2) is 0 Å². The van der Waals surface area contributed by atoms with Gasteiger partial charge in [-0.1, -0.05) is 35.0 Å². The second-order valence-electron chi connectivity index (χ2n) is 2.60. The van der Waals surface area contributed by atoms with E-state index < -0.39 is 0 Å². The Labute approximate surface area is 121 Å². The summed E-state index contributed by atoms with van der Waals surface area (Å²) in [6.07, 6.45) is 3.54. The van der Waals surface area contributed by atoms with E-state index in [0.29, 0.717) is 20.9 Å². The van der Waals surface area contributed by atoms with Crippen molar-refractivity contribution in [1.29, 1.82) is 5.26 Å². The summed E-state index contributed by atoms with van der Waals surface area (Å²) < 4.78 is 0.800. The predicted molar refractivity (Wildman–Crippen MR) is 79.4 cm³/mol. The molecule has 0 radical (unpaired) electrons. The quantitative estimate of drug-likeness (QED) is 0.259. The lowest BCUT2D eigenvalue weighted by molar-refractivity contribution is 1.44. The third-order valence-corrected chi connectivity index (χ3v) is 4.56. The van der Waals surface area contributed by atoms with E-state index in [9.17, 15) is 0 Å². The minimum Gasteiger partial charge on any atom is -0.334 e. The zero-order valence-corrected chi connectivity index (χ0v) is 12.6. The van der Waals surface area contributed by atoms with Gasteiger partial charge in [0.15, 0.2) is 5.17 Å². The van der Waals surface area contributed by atoms with Crippen molar-refractivity contribution in [1.82, 2.24) is 0 Å². The van der Waals surface area contributed by atoms with Crippen LogP contribution in [0.2, 0.25) is 10.0 Å². The molecule has 0 aliphatic heterocycles. The number of hydrogen-bond donors (Lipinski definition) is 1. The Morgan fingerprint density at radius 3 is 2.50 bits per heavy atom. The molecule has 0 saturated heterocycles. The van der Waals surface area contributed by atoms with Gasteiger partial charge in [0.25, 0.3) is 0 Å². The van der Waals surface area contributed by atoms with Crippen LogP contribution in [0.3, 0.4) is 0 Å². The Balaban J connectivity index is 2.99. The SMILES string of the molecule is CS/C(=N\C#N)Nc1cc(Cl)c(I)c(Cl)c1. The number of anilines is 1. The summed E-state index contributed by atoms with van der Waals surface area (Å²) in [6, 6.07) is 3.47. The summed E-state index contributed by atoms with van der Waals surface area (Å²) in [7, 11) is 0. The minimum atomic E-state index is 0.496. The number of nitriles is 1. The summed E-state index contributed by atoms with van der Waals surface area (Å²) in [6.45, 7) is 0. The fourth-order valence-electron chi connectivity index (χ4n) is 0.921. The van der Waals surface area contributed by atoms with Crippen molar-refractivity contribution in [2.45, 2.75) is 0 Å². The molecular weight excluding hydrogens is 380 g/mol. The van der Waals surface area contributed by atoms with Crippen molar-refractivity contribution < 1.29 is 0 Å². The number of nitrogens with zero attached hydrogens (tertiary/aromatic N) is 2. The molecule has 16 heavy (non-hydrogen) atoms. The van der Waals surface area contributed by atoms with Gasteiger partial charge in [-0.3, -0.25) is 0 Å². The second-order valence-corrected chi connectivity index (χ2v) is 5.29. The number of halogens is 3. The van der Waals surface area contributed by atoms with Gasteiger partial charge in [0, 0.05) is 5.69 Å². The van der Waals surface area contributed by atoms with E-state index in [0.717, 1.165) is 3.57 Å². The van der Waals surface area contributed by atoms with Crippen LogP contribution in [-0.2, 0) is 0 Å². The van der Waals surface area contributed by atoms with Crippen LogP contribution >= 0.6 is 57.6 Å². The van der Waals surface area contributed by atoms with Crippen molar-refractivity contribution in [3.63, 3.8) is 0 Å². The maximum absolute atomic E-state index is 8.45. The molecule has 1 N–H and O–H groups in total. The van der Waals surface area contributed by atoms with E-state index in [2.05, 4.69) is 32.9 Å². The van der Waals surface area contributed by atoms with Gasteiger partial charge >= 0.3 is 0 Å². The van der Waals surface area contributed by atoms with Gasteiger partial charge in [-0.2, -0.15) is 5.26 Å². The molecule has 0 aliphatic rings. The molecule has 0 aromatic heterocycles. The fourth-order valence-corrected chi connectivity index (χ4v) is 2.07. The smallest absolute Gasteiger partial charge is 0.208 e. The summed E-state index contributed by atoms with van der Waals surface area (Å²) in [5, 5.41) is 13.0. The van der Waals surface area contributed by atoms with Crippen LogP contribution < -0.4 is 5.32 Å². The molecule has 0 saturated carbocycles. The predicted octanol–water partition coefficient (Wildman–Crippen LogP) is 4.21. The lowest BCUT2D eigenvalue weighted by Crippen LogP contribution is -2.06. The summed E-state index contributed by atoms with van der Waals surface area (Å²) >= 11 is 15.4. The second kappa shape index (κ2) is 6.55. The Hall–Kier alpha value is -0.160. The molecule has 1 aromatic carbocycles. The number of thioether (sulfide) groups is 1. The van der Waals surface area contributed by atoms with Gasteiger partial charge in [0.2, 0.25) is 6.19 Å². The molecule has 84 valence electrons. The van der Waals surface area contributed by atoms with Crippen molar-refractivity contribution in [3.8, 4) is 6.19 Å². The van der Waals surface area contributed by atoms with Crippen LogP contribution in [-0.4, -0.2) is 11.4 Å². The van der Waals surface area contributed by atoms with E-state index in [1.807, 2.05) is 6.26 Å². The molecule has 0 fully saturated rings. The third-order valence-electron chi connectivity index (χ3n) is 1.58. The first-order valence-electron chi connectivity index (χ1n) is 4.00. The molecule has 0 bridgehead atoms. The number of nitrogens with one attached hydrogen (secondary N) is 1. The number of amidine groups is 1. The topological polar surface area (TPSA) is 48.2 Å². The highest BCUT2D eigenvalue weighted by Crippen LogP contribution is 2.30. The van der Waals surface area contributed by atoms with Gasteiger partial charge in [0.05, 0.1) is 13.6 Å². The Morgan fingerprint density at radius 2 is 2.06 bits per heavy atom. The average Bonchev–Trinajstić information content (AvgIpc) is 2.25. The van der Waals surface area contributed by atoms with Crippen molar-refractivity contribution >= 4 is 68.4 Å². The van der Waals surface area contributed by atoms with Crippen molar-refractivity contribution in [3.05, 3.63) is 25.7 Å². The summed E-state index contributed by atoms with van der Waals surface area (Å²) in [4.78, 5) is 3.61. The normalized spacial score (nSPS) is 11.1. The molecule has 3 nitrogen and oxygen atoms in total. The van der Waals surface area contributed by atoms with Gasteiger partial charge in [-0.05, 0) is 41.0 Å². The Morgan fingerprint density at radius 1 is 1.50 bits per heavy atom. The first-order valence-corrected chi connectivity index (χ1v) is 7.06. The highest BCUT2D eigenvalue weighted by atomic mass is 127. The number of rotatable bonds is 1. The van der Waals surface area contributed by atoms with Gasteiger partial charge in [0.1, 0.15) is 0 Å². The molecule has 0 atom stereocenters. The van der Waals surface area contributed by atoms with E-state index >= 15 is 0 Å². The molecule has 1 aromatic rings. The van der Waals surface area contributed by atoms with E-state index in [-0.39, 0.29) is 0 Å². The highest BCUT2D eigenvalue weighted by molar-refractivity contribution is 14.1. The molecule has 0 amide bonds. The average molecular weight is 386 g/mol. The van der Waals surface area contributed by atoms with Gasteiger partial charge < -0.3 is 5.32 Å². The van der Waals surface area contributed by atoms with Crippen LogP contribution in [0, 0.1) is 15.0 Å². The van der Waals surface area contributed by atoms with Crippen LogP contribution in [0.1, 0.15) is 0 Å². The first-order chi connectivity index (χ1) is 7.58. The Kier molecular flexibility index (Phi) is 5.69. The van der Waals surface area contributed by atoms with Crippen molar-refractivity contribution in [2.24, 2.45) is 4.99 Å². The molecule has 0 unspecified atom stereocenters. The number of aliphatic imine (C=N–C) groups is 1. The Bertz CT molecular complexity index is 447. The fraction of sp³-hybridized carbons (Fsp3) is 0.111. The maximum atomic E-state index is 8.45. The molecule has 7 heteroatoms. The maximum Gasteiger partial charge on any atom is 0.208 e. The van der Waals surface area contributed by atoms with E-state index in [1.54, 1.807) is 18.3 Å². The zero-order chi connectivity index (χ0) is 12.1. The van der Waals surface area contributed by atoms with E-state index in [4.69, 9.17) is 28.5 Å². The van der Waals surface area contributed by atoms with Crippen molar-refractivity contribution in [2.75, 3.05) is 11.6 Å². The standard InChI is InChI=1S/C9H6Cl2IN3S/c1-16-9(14-4-13)15-5-2-6(10)8(12)7(11)3-5/h2-3H,1H3,(H,14,15). The molecule has 0 aliphatic carbocycles. The van der Waals surface area contributed by atoms with Crippen LogP contribution in [0.25, 0.3) is 0 Å². The van der Waals surface area contributed by atoms with Crippen LogP contribution in [0.15, 0.2) is 17.1 Å². The summed E-state index contributed by atoms with van der Waals surface area (Å²) in [5.41, 5.74) is 0.707. The number of benzene rings is 1. The third kappa shape index (κ3) is 3.70. The van der Waals surface area contributed by atoms with Crippen LogP contribution in [0.5, 0.6) is 0 Å². The van der Waals surface area contributed by atoms with Gasteiger partial charge in [-0.15, -0.1) is 4.99 Å².